The molecule has 8 heteroatoms. The third kappa shape index (κ3) is 6.28. The molecular weight excluding hydrogens is 701 g/mol. The van der Waals surface area contributed by atoms with Crippen LogP contribution in [0.2, 0.25) is 0 Å². The summed E-state index contributed by atoms with van der Waals surface area (Å²) in [5.41, 5.74) is 7.39. The van der Waals surface area contributed by atoms with E-state index < -0.39 is 25.7 Å². The van der Waals surface area contributed by atoms with Crippen molar-refractivity contribution in [1.82, 2.24) is 0 Å². The van der Waals surface area contributed by atoms with Crippen LogP contribution < -0.4 is 8.37 Å². The highest BCUT2D eigenvalue weighted by Crippen LogP contribution is 2.57. The van der Waals surface area contributed by atoms with Gasteiger partial charge in [-0.05, 0) is 109 Å². The first-order valence-electron chi connectivity index (χ1n) is 17.3. The van der Waals surface area contributed by atoms with Crippen molar-refractivity contribution in [2.45, 2.75) is 42.9 Å². The summed E-state index contributed by atoms with van der Waals surface area (Å²) in [6.07, 6.45) is 7.37. The van der Waals surface area contributed by atoms with Gasteiger partial charge >= 0.3 is 20.2 Å². The summed E-state index contributed by atoms with van der Waals surface area (Å²) in [5.74, 6) is 0.397. The first-order chi connectivity index (χ1) is 25.5. The molecule has 0 unspecified atom stereocenters. The Morgan fingerprint density at radius 3 is 1.26 bits per heavy atom. The molecule has 6 aromatic rings. The fraction of sp³-hybridized carbons (Fsp3) is 0.111. The Morgan fingerprint density at radius 2 is 0.868 bits per heavy atom. The van der Waals surface area contributed by atoms with Crippen molar-refractivity contribution in [3.63, 3.8) is 0 Å². The standard InChI is InChI=1S/C45H38O6S2/c1-5-15-33-29-35(25-27-41(33)50-52(46,47)43-23-13-7-17-31(43)3)45(39-21-11-9-19-37(39)38-20-10-12-22-40(38)45)36-26-28-42(34(30-36)16-6-2)51-53(48,49)44-24-14-8-18-32(44)4/h5-30H,1-4H3. The summed E-state index contributed by atoms with van der Waals surface area (Å²) in [7, 11) is -8.28. The Hall–Kier alpha value is -5.70. The first-order valence-corrected chi connectivity index (χ1v) is 20.1. The zero-order chi connectivity index (χ0) is 37.4. The van der Waals surface area contributed by atoms with Gasteiger partial charge in [0, 0.05) is 11.1 Å². The highest BCUT2D eigenvalue weighted by Gasteiger charge is 2.46. The zero-order valence-corrected chi connectivity index (χ0v) is 31.4. The average Bonchev–Trinajstić information content (AvgIpc) is 3.44. The molecule has 6 aromatic carbocycles. The third-order valence-corrected chi connectivity index (χ3v) is 12.4. The van der Waals surface area contributed by atoms with Crippen molar-refractivity contribution in [1.29, 1.82) is 0 Å². The fourth-order valence-corrected chi connectivity index (χ4v) is 9.73. The van der Waals surface area contributed by atoms with Gasteiger partial charge in [0.05, 0.1) is 5.41 Å². The van der Waals surface area contributed by atoms with Gasteiger partial charge in [-0.25, -0.2) is 0 Å². The molecule has 0 radical (unpaired) electrons. The first kappa shape index (κ1) is 35.7. The van der Waals surface area contributed by atoms with Gasteiger partial charge in [-0.3, -0.25) is 0 Å². The van der Waals surface area contributed by atoms with E-state index in [-0.39, 0.29) is 21.3 Å². The number of hydrogen-bond donors (Lipinski definition) is 0. The van der Waals surface area contributed by atoms with E-state index in [1.165, 1.54) is 12.1 Å². The molecular formula is C45H38O6S2. The minimum atomic E-state index is -4.14. The predicted molar refractivity (Wildman–Crippen MR) is 211 cm³/mol. The highest BCUT2D eigenvalue weighted by atomic mass is 32.2. The van der Waals surface area contributed by atoms with Crippen molar-refractivity contribution in [2.75, 3.05) is 0 Å². The topological polar surface area (TPSA) is 86.7 Å². The quantitative estimate of drug-likeness (QED) is 0.130. The average molecular weight is 739 g/mol. The molecule has 6 nitrogen and oxygen atoms in total. The van der Waals surface area contributed by atoms with Crippen molar-refractivity contribution >= 4 is 32.4 Å². The van der Waals surface area contributed by atoms with Crippen molar-refractivity contribution in [3.8, 4) is 22.6 Å². The number of hydrogen-bond acceptors (Lipinski definition) is 6. The molecule has 0 saturated carbocycles. The van der Waals surface area contributed by atoms with Gasteiger partial charge in [-0.1, -0.05) is 121 Å². The van der Waals surface area contributed by atoms with Gasteiger partial charge in [0.25, 0.3) is 0 Å². The van der Waals surface area contributed by atoms with Crippen LogP contribution in [-0.4, -0.2) is 16.8 Å². The minimum absolute atomic E-state index is 0.105. The van der Waals surface area contributed by atoms with Crippen LogP contribution in [0.25, 0.3) is 23.3 Å². The summed E-state index contributed by atoms with van der Waals surface area (Å²) in [4.78, 5) is 0.211. The van der Waals surface area contributed by atoms with E-state index in [0.717, 1.165) is 33.4 Å². The van der Waals surface area contributed by atoms with Gasteiger partial charge in [-0.2, -0.15) is 16.8 Å². The Balaban J connectivity index is 1.45. The van der Waals surface area contributed by atoms with Gasteiger partial charge in [0.1, 0.15) is 21.3 Å². The van der Waals surface area contributed by atoms with Crippen LogP contribution in [0.15, 0.2) is 155 Å². The van der Waals surface area contributed by atoms with E-state index in [9.17, 15) is 16.8 Å². The van der Waals surface area contributed by atoms with E-state index in [4.69, 9.17) is 8.37 Å². The molecule has 0 aromatic heterocycles. The lowest BCUT2D eigenvalue weighted by atomic mass is 9.67. The van der Waals surface area contributed by atoms with Gasteiger partial charge in [0.15, 0.2) is 0 Å². The van der Waals surface area contributed by atoms with Crippen LogP contribution in [0.3, 0.4) is 0 Å². The molecule has 1 aliphatic carbocycles. The summed E-state index contributed by atoms with van der Waals surface area (Å²) >= 11 is 0. The normalized spacial score (nSPS) is 13.6. The lowest BCUT2D eigenvalue weighted by Crippen LogP contribution is -2.29. The largest absolute Gasteiger partial charge is 0.378 e. The molecule has 0 atom stereocenters. The van der Waals surface area contributed by atoms with Crippen molar-refractivity contribution in [3.05, 3.63) is 190 Å². The molecule has 266 valence electrons. The maximum absolute atomic E-state index is 13.6. The molecule has 7 rings (SSSR count). The Labute approximate surface area is 312 Å². The molecule has 0 amide bonds. The molecule has 0 N–H and O–H groups in total. The van der Waals surface area contributed by atoms with Crippen LogP contribution in [0.4, 0.5) is 0 Å². The Bertz CT molecular complexity index is 2470. The number of rotatable bonds is 10. The summed E-state index contributed by atoms with van der Waals surface area (Å²) in [6, 6.07) is 41.2. The van der Waals surface area contributed by atoms with Crippen LogP contribution in [0.5, 0.6) is 11.5 Å². The number of benzene rings is 6. The van der Waals surface area contributed by atoms with Gasteiger partial charge in [-0.15, -0.1) is 0 Å². The maximum atomic E-state index is 13.6. The number of allylic oxidation sites excluding steroid dienone is 2. The molecule has 0 aliphatic heterocycles. The maximum Gasteiger partial charge on any atom is 0.339 e. The fourth-order valence-electron chi connectivity index (χ4n) is 7.36. The number of fused-ring (bicyclic) bond motifs is 3. The molecule has 0 spiro atoms. The van der Waals surface area contributed by atoms with E-state index in [1.54, 1.807) is 62.4 Å². The van der Waals surface area contributed by atoms with E-state index in [2.05, 4.69) is 24.3 Å². The summed E-state index contributed by atoms with van der Waals surface area (Å²) < 4.78 is 65.9. The van der Waals surface area contributed by atoms with E-state index in [0.29, 0.717) is 22.3 Å². The highest BCUT2D eigenvalue weighted by molar-refractivity contribution is 7.87. The molecule has 0 saturated heterocycles. The Morgan fingerprint density at radius 1 is 0.491 bits per heavy atom. The smallest absolute Gasteiger partial charge is 0.339 e. The van der Waals surface area contributed by atoms with Crippen LogP contribution in [0.1, 0.15) is 58.4 Å². The zero-order valence-electron chi connectivity index (χ0n) is 29.8. The van der Waals surface area contributed by atoms with Crippen molar-refractivity contribution < 1.29 is 25.2 Å². The lowest BCUT2D eigenvalue weighted by molar-refractivity contribution is 0.483. The summed E-state index contributed by atoms with van der Waals surface area (Å²) in [5, 5.41) is 0. The molecule has 1 aliphatic rings. The lowest BCUT2D eigenvalue weighted by Gasteiger charge is -2.34. The predicted octanol–water partition coefficient (Wildman–Crippen LogP) is 10.3. The summed E-state index contributed by atoms with van der Waals surface area (Å²) in [6.45, 7) is 7.22. The molecule has 0 bridgehead atoms. The molecule has 0 heterocycles. The SMILES string of the molecule is CC=Cc1cc(C2(c3ccc(OS(=O)(=O)c4ccccc4C)c(C=CC)c3)c3ccccc3-c3ccccc32)ccc1OS(=O)(=O)c1ccccc1C. The molecule has 53 heavy (non-hydrogen) atoms. The Kier molecular flexibility index (Phi) is 9.45. The van der Waals surface area contributed by atoms with Crippen LogP contribution >= 0.6 is 0 Å². The van der Waals surface area contributed by atoms with Crippen LogP contribution in [-0.2, 0) is 25.7 Å². The van der Waals surface area contributed by atoms with Crippen molar-refractivity contribution in [2.24, 2.45) is 0 Å². The second-order valence-electron chi connectivity index (χ2n) is 13.0. The minimum Gasteiger partial charge on any atom is -0.378 e. The van der Waals surface area contributed by atoms with Gasteiger partial charge < -0.3 is 8.37 Å². The van der Waals surface area contributed by atoms with E-state index in [1.807, 2.05) is 86.7 Å². The van der Waals surface area contributed by atoms with E-state index >= 15 is 0 Å². The van der Waals surface area contributed by atoms with Crippen LogP contribution in [0, 0.1) is 13.8 Å². The second kappa shape index (κ2) is 14.0. The third-order valence-electron chi connectivity index (χ3n) is 9.66. The monoisotopic (exact) mass is 738 g/mol. The number of aryl methyl sites for hydroxylation is 2. The second-order valence-corrected chi connectivity index (χ2v) is 16.0. The molecule has 0 fully saturated rings. The van der Waals surface area contributed by atoms with Gasteiger partial charge in [0.2, 0.25) is 0 Å².